The fraction of sp³-hybridized carbons (Fsp3) is 0.296. The van der Waals surface area contributed by atoms with Gasteiger partial charge in [-0.15, -0.1) is 0 Å². The van der Waals surface area contributed by atoms with Crippen LogP contribution in [-0.4, -0.2) is 36.6 Å². The van der Waals surface area contributed by atoms with Crippen LogP contribution < -0.4 is 5.32 Å². The molecule has 0 amide bonds. The molecule has 0 atom stereocenters. The summed E-state index contributed by atoms with van der Waals surface area (Å²) in [5.41, 5.74) is 2.08. The molecule has 1 aromatic carbocycles. The number of pyridine rings is 1. The van der Waals surface area contributed by atoms with Crippen LogP contribution in [0.1, 0.15) is 25.7 Å². The van der Waals surface area contributed by atoms with Crippen LogP contribution >= 0.6 is 11.6 Å². The molecule has 0 aliphatic heterocycles. The van der Waals surface area contributed by atoms with Crippen molar-refractivity contribution in [1.29, 1.82) is 0 Å². The molecule has 2 aromatic rings. The van der Waals surface area contributed by atoms with Gasteiger partial charge >= 0.3 is 17.1 Å². The number of hydrogen-bond donors (Lipinski definition) is 1. The standard InChI is InChI=1S/C22H27ClN3.C5H5.Fe/c1-26(17-18-8-4-5-9-18)15-7-3-2-6-13-24-21-12-14-25-22-16-19(23)10-11-20(21)22;1-2-4-5-3-1;/h4-5,8-12,14,16H,2-3,6-7,13,15,17H2,1H3,(H,24,25);1-5H;/q;;+2. The summed E-state index contributed by atoms with van der Waals surface area (Å²) in [5.74, 6) is 1.41. The smallest absolute Gasteiger partial charge is 0.384 e. The van der Waals surface area contributed by atoms with Crippen molar-refractivity contribution in [3.63, 3.8) is 0 Å². The fourth-order valence-corrected chi connectivity index (χ4v) is 3.76. The molecule has 1 N–H and O–H groups in total. The Morgan fingerprint density at radius 3 is 2.28 bits per heavy atom. The summed E-state index contributed by atoms with van der Waals surface area (Å²) in [6.45, 7) is 3.20. The van der Waals surface area contributed by atoms with E-state index < -0.39 is 0 Å². The second-order valence-corrected chi connectivity index (χ2v) is 8.29. The molecule has 0 unspecified atom stereocenters. The first-order valence-corrected chi connectivity index (χ1v) is 11.4. The summed E-state index contributed by atoms with van der Waals surface area (Å²) in [7, 11) is 2.20. The molecule has 0 bridgehead atoms. The van der Waals surface area contributed by atoms with Gasteiger partial charge in [-0.25, -0.2) is 0 Å². The first kappa shape index (κ1) is 27.4. The predicted molar refractivity (Wildman–Crippen MR) is 133 cm³/mol. The molecule has 5 heteroatoms. The molecule has 2 aliphatic carbocycles. The molecule has 2 fully saturated rings. The van der Waals surface area contributed by atoms with Crippen molar-refractivity contribution in [1.82, 2.24) is 9.88 Å². The zero-order valence-electron chi connectivity index (χ0n) is 18.7. The maximum Gasteiger partial charge on any atom is 2.00 e. The number of unbranched alkanes of at least 4 members (excludes halogenated alkanes) is 3. The van der Waals surface area contributed by atoms with E-state index in [4.69, 9.17) is 11.6 Å². The van der Waals surface area contributed by atoms with Crippen molar-refractivity contribution < 1.29 is 17.1 Å². The molecule has 0 saturated heterocycles. The summed E-state index contributed by atoms with van der Waals surface area (Å²) in [4.78, 5) is 6.79. The molecule has 1 aromatic heterocycles. The Morgan fingerprint density at radius 2 is 1.56 bits per heavy atom. The number of halogens is 1. The molecule has 2 saturated carbocycles. The van der Waals surface area contributed by atoms with Gasteiger partial charge in [0.1, 0.15) is 0 Å². The third-order valence-electron chi connectivity index (χ3n) is 5.23. The number of fused-ring (bicyclic) bond motifs is 1. The number of nitrogens with zero attached hydrogens (tertiary/aromatic N) is 2. The van der Waals surface area contributed by atoms with Crippen LogP contribution in [0.4, 0.5) is 5.69 Å². The fourth-order valence-electron chi connectivity index (χ4n) is 3.59. The minimum atomic E-state index is 0. The van der Waals surface area contributed by atoms with Gasteiger partial charge in [-0.3, -0.25) is 4.98 Å². The third-order valence-corrected chi connectivity index (χ3v) is 5.46. The Morgan fingerprint density at radius 1 is 0.875 bits per heavy atom. The minimum Gasteiger partial charge on any atom is -0.384 e. The molecule has 2 aliphatic rings. The number of aromatic nitrogens is 1. The van der Waals surface area contributed by atoms with Crippen LogP contribution in [0.25, 0.3) is 10.9 Å². The van der Waals surface area contributed by atoms with Crippen molar-refractivity contribution in [2.75, 3.05) is 32.0 Å². The van der Waals surface area contributed by atoms with Gasteiger partial charge in [-0.1, -0.05) is 24.4 Å². The first-order valence-electron chi connectivity index (χ1n) is 11.1. The van der Waals surface area contributed by atoms with E-state index in [1.54, 1.807) is 0 Å². The average molecular weight is 490 g/mol. The molecular formula is C27H32ClFeN3+2. The average Bonchev–Trinajstić information content (AvgIpc) is 3.50. The van der Waals surface area contributed by atoms with E-state index in [1.807, 2.05) is 62.6 Å². The van der Waals surface area contributed by atoms with Gasteiger partial charge in [0.05, 0.1) is 5.52 Å². The monoisotopic (exact) mass is 489 g/mol. The topological polar surface area (TPSA) is 28.2 Å². The second-order valence-electron chi connectivity index (χ2n) is 7.85. The van der Waals surface area contributed by atoms with Crippen LogP contribution in [0.3, 0.4) is 0 Å². The van der Waals surface area contributed by atoms with Crippen LogP contribution in [0, 0.1) is 63.7 Å². The maximum atomic E-state index is 6.04. The quantitative estimate of drug-likeness (QED) is 0.317. The van der Waals surface area contributed by atoms with Crippen LogP contribution in [-0.2, 0) is 17.1 Å². The number of rotatable bonds is 10. The Balaban J connectivity index is 0.000000534. The predicted octanol–water partition coefficient (Wildman–Crippen LogP) is 6.22. The van der Waals surface area contributed by atoms with Gasteiger partial charge in [0.25, 0.3) is 0 Å². The molecule has 1 heterocycles. The first-order chi connectivity index (χ1) is 15.2. The molecule has 32 heavy (non-hydrogen) atoms. The minimum absolute atomic E-state index is 0. The van der Waals surface area contributed by atoms with Crippen LogP contribution in [0.2, 0.25) is 5.02 Å². The molecule has 4 rings (SSSR count). The molecule has 3 nitrogen and oxygen atoms in total. The molecular weight excluding hydrogens is 458 g/mol. The van der Waals surface area contributed by atoms with E-state index in [0.717, 1.165) is 41.2 Å². The zero-order valence-corrected chi connectivity index (χ0v) is 20.5. The number of hydrogen-bond acceptors (Lipinski definition) is 3. The van der Waals surface area contributed by atoms with E-state index in [1.165, 1.54) is 31.6 Å². The van der Waals surface area contributed by atoms with Gasteiger partial charge in [-0.05, 0) is 114 Å². The van der Waals surface area contributed by atoms with Crippen LogP contribution in [0.5, 0.6) is 0 Å². The molecule has 0 spiro atoms. The van der Waals surface area contributed by atoms with Crippen molar-refractivity contribution in [3.8, 4) is 0 Å². The van der Waals surface area contributed by atoms with Gasteiger partial charge in [0.2, 0.25) is 0 Å². The van der Waals surface area contributed by atoms with Crippen molar-refractivity contribution in [3.05, 3.63) is 99.2 Å². The summed E-state index contributed by atoms with van der Waals surface area (Å²) in [6, 6.07) is 7.90. The van der Waals surface area contributed by atoms with Crippen LogP contribution in [0.15, 0.2) is 30.5 Å². The van der Waals surface area contributed by atoms with E-state index in [2.05, 4.69) is 47.9 Å². The van der Waals surface area contributed by atoms with Crippen molar-refractivity contribution in [2.24, 2.45) is 0 Å². The van der Waals surface area contributed by atoms with E-state index in [0.29, 0.717) is 0 Å². The van der Waals surface area contributed by atoms with Gasteiger partial charge in [0, 0.05) is 35.4 Å². The largest absolute Gasteiger partial charge is 2.00 e. The Labute approximate surface area is 211 Å². The molecule has 168 valence electrons. The van der Waals surface area contributed by atoms with Gasteiger partial charge < -0.3 is 10.2 Å². The zero-order chi connectivity index (χ0) is 21.7. The number of nitrogens with one attached hydrogen (secondary N) is 1. The van der Waals surface area contributed by atoms with Gasteiger partial charge in [-0.2, -0.15) is 0 Å². The summed E-state index contributed by atoms with van der Waals surface area (Å²) < 4.78 is 0. The third kappa shape index (κ3) is 9.99. The van der Waals surface area contributed by atoms with Crippen molar-refractivity contribution >= 4 is 28.2 Å². The number of benzene rings is 1. The Hall–Kier alpha value is -0.801. The van der Waals surface area contributed by atoms with E-state index >= 15 is 0 Å². The maximum absolute atomic E-state index is 6.04. The SMILES string of the molecule is CN(CCCCCCNc1ccnc2cc(Cl)ccc12)C[C]1[CH][CH][CH][CH]1.[CH]1[CH][CH][CH][CH]1.[Fe+2]. The van der Waals surface area contributed by atoms with E-state index in [-0.39, 0.29) is 17.1 Å². The van der Waals surface area contributed by atoms with E-state index in [9.17, 15) is 0 Å². The Kier molecular flexibility index (Phi) is 13.7. The summed E-state index contributed by atoms with van der Waals surface area (Å²) in [6.07, 6.45) is 25.4. The summed E-state index contributed by atoms with van der Waals surface area (Å²) in [5, 5.41) is 5.40. The Bertz CT molecular complexity index is 752. The number of anilines is 1. The second kappa shape index (κ2) is 15.9. The van der Waals surface area contributed by atoms with Crippen molar-refractivity contribution in [2.45, 2.75) is 25.7 Å². The van der Waals surface area contributed by atoms with Gasteiger partial charge in [0.15, 0.2) is 0 Å². The normalized spacial score (nSPS) is 16.1. The summed E-state index contributed by atoms with van der Waals surface area (Å²) >= 11 is 6.04. The molecule has 10 radical (unpaired) electrons.